The first-order valence-corrected chi connectivity index (χ1v) is 9.51. The van der Waals surface area contributed by atoms with Gasteiger partial charge in [0.15, 0.2) is 11.5 Å². The summed E-state index contributed by atoms with van der Waals surface area (Å²) in [6.45, 7) is 0.385. The van der Waals surface area contributed by atoms with Gasteiger partial charge in [-0.1, -0.05) is 41.9 Å². The Hall–Kier alpha value is -3.22. The number of phenols is 1. The number of aromatic hydroxyl groups is 1. The molecule has 2 N–H and O–H groups in total. The minimum atomic E-state index is -0.586. The van der Waals surface area contributed by atoms with E-state index in [1.165, 1.54) is 6.07 Å². The highest BCUT2D eigenvalue weighted by molar-refractivity contribution is 6.32. The van der Waals surface area contributed by atoms with E-state index in [9.17, 15) is 9.50 Å². The SMILES string of the molecule is COc1cc2c(Nc3cc(O)c(Cl)cc3F)ccnc2cc1OCc1ccccc1.Cl. The van der Waals surface area contributed by atoms with E-state index in [-0.39, 0.29) is 28.9 Å². The van der Waals surface area contributed by atoms with Crippen molar-refractivity contribution in [3.8, 4) is 17.2 Å². The normalized spacial score (nSPS) is 10.4. The van der Waals surface area contributed by atoms with Crippen LogP contribution in [-0.2, 0) is 6.61 Å². The number of anilines is 2. The smallest absolute Gasteiger partial charge is 0.163 e. The molecule has 4 aromatic rings. The van der Waals surface area contributed by atoms with E-state index in [0.717, 1.165) is 11.6 Å². The van der Waals surface area contributed by atoms with Gasteiger partial charge in [-0.15, -0.1) is 12.4 Å². The van der Waals surface area contributed by atoms with Crippen LogP contribution >= 0.6 is 24.0 Å². The van der Waals surface area contributed by atoms with Crippen molar-refractivity contribution in [2.75, 3.05) is 12.4 Å². The lowest BCUT2D eigenvalue weighted by atomic mass is 10.1. The molecule has 0 aliphatic carbocycles. The third-order valence-electron chi connectivity index (χ3n) is 4.57. The topological polar surface area (TPSA) is 63.6 Å². The van der Waals surface area contributed by atoms with E-state index in [2.05, 4.69) is 10.3 Å². The predicted octanol–water partition coefficient (Wildman–Crippen LogP) is 6.49. The summed E-state index contributed by atoms with van der Waals surface area (Å²) in [6.07, 6.45) is 1.60. The molecule has 5 nitrogen and oxygen atoms in total. The summed E-state index contributed by atoms with van der Waals surface area (Å²) in [7, 11) is 1.55. The van der Waals surface area contributed by atoms with Crippen LogP contribution in [0.3, 0.4) is 0 Å². The number of aromatic nitrogens is 1. The van der Waals surface area contributed by atoms with E-state index in [0.29, 0.717) is 34.7 Å². The molecule has 0 spiro atoms. The van der Waals surface area contributed by atoms with Crippen LogP contribution in [0.5, 0.6) is 17.2 Å². The summed E-state index contributed by atoms with van der Waals surface area (Å²) in [5, 5.41) is 13.4. The third kappa shape index (κ3) is 4.93. The number of nitrogens with zero attached hydrogens (tertiary/aromatic N) is 1. The standard InChI is InChI=1S/C23H18ClFN2O3.ClH/c1-29-22-9-15-18(27-20-11-21(28)16(24)10-17(20)25)7-8-26-19(15)12-23(22)30-13-14-5-3-2-4-6-14;/h2-12,28H,13H2,1H3,(H,26,27);1H. The van der Waals surface area contributed by atoms with E-state index in [4.69, 9.17) is 21.1 Å². The number of nitrogens with one attached hydrogen (secondary N) is 1. The molecule has 1 aromatic heterocycles. The van der Waals surface area contributed by atoms with Gasteiger partial charge >= 0.3 is 0 Å². The second-order valence-electron chi connectivity index (χ2n) is 6.56. The molecule has 0 saturated heterocycles. The molecular formula is C23H19Cl2FN2O3. The van der Waals surface area contributed by atoms with Crippen LogP contribution in [0.4, 0.5) is 15.8 Å². The van der Waals surface area contributed by atoms with Crippen molar-refractivity contribution in [3.05, 3.63) is 83.3 Å². The number of phenolic OH excluding ortho intramolecular Hbond substituents is 1. The van der Waals surface area contributed by atoms with Crippen LogP contribution in [0.15, 0.2) is 66.9 Å². The highest BCUT2D eigenvalue weighted by Crippen LogP contribution is 2.37. The summed E-state index contributed by atoms with van der Waals surface area (Å²) in [4.78, 5) is 4.39. The summed E-state index contributed by atoms with van der Waals surface area (Å²) >= 11 is 5.76. The van der Waals surface area contributed by atoms with E-state index < -0.39 is 5.82 Å². The lowest BCUT2D eigenvalue weighted by Gasteiger charge is -2.15. The van der Waals surface area contributed by atoms with Gasteiger partial charge in [0.2, 0.25) is 0 Å². The minimum absolute atomic E-state index is 0. The number of methoxy groups -OCH3 is 1. The fourth-order valence-electron chi connectivity index (χ4n) is 3.05. The lowest BCUT2D eigenvalue weighted by molar-refractivity contribution is 0.285. The monoisotopic (exact) mass is 460 g/mol. The fourth-order valence-corrected chi connectivity index (χ4v) is 3.20. The first-order valence-electron chi connectivity index (χ1n) is 9.13. The Morgan fingerprint density at radius 3 is 2.55 bits per heavy atom. The van der Waals surface area contributed by atoms with Gasteiger partial charge in [0.1, 0.15) is 18.2 Å². The first kappa shape index (κ1) is 22.5. The molecule has 0 aliphatic rings. The van der Waals surface area contributed by atoms with Crippen LogP contribution in [-0.4, -0.2) is 17.2 Å². The molecule has 31 heavy (non-hydrogen) atoms. The first-order chi connectivity index (χ1) is 14.5. The highest BCUT2D eigenvalue weighted by atomic mass is 35.5. The molecule has 160 valence electrons. The molecule has 0 radical (unpaired) electrons. The second kappa shape index (κ2) is 9.73. The Bertz CT molecular complexity index is 1210. The molecule has 3 aromatic carbocycles. The number of fused-ring (bicyclic) bond motifs is 1. The molecule has 0 saturated carbocycles. The van der Waals surface area contributed by atoms with Gasteiger partial charge in [-0.2, -0.15) is 0 Å². The number of hydrogen-bond acceptors (Lipinski definition) is 5. The largest absolute Gasteiger partial charge is 0.506 e. The number of benzene rings is 3. The Morgan fingerprint density at radius 2 is 1.81 bits per heavy atom. The molecule has 4 rings (SSSR count). The lowest BCUT2D eigenvalue weighted by Crippen LogP contribution is -1.99. The summed E-state index contributed by atoms with van der Waals surface area (Å²) in [5.74, 6) is 0.272. The van der Waals surface area contributed by atoms with Gasteiger partial charge in [0.05, 0.1) is 23.3 Å². The number of ether oxygens (including phenoxy) is 2. The summed E-state index contributed by atoms with van der Waals surface area (Å²) < 4.78 is 25.7. The number of hydrogen-bond donors (Lipinski definition) is 2. The van der Waals surface area contributed by atoms with Crippen molar-refractivity contribution in [2.24, 2.45) is 0 Å². The van der Waals surface area contributed by atoms with Gasteiger partial charge in [-0.25, -0.2) is 4.39 Å². The average Bonchev–Trinajstić information content (AvgIpc) is 2.76. The van der Waals surface area contributed by atoms with Gasteiger partial charge in [0, 0.05) is 29.4 Å². The predicted molar refractivity (Wildman–Crippen MR) is 123 cm³/mol. The zero-order chi connectivity index (χ0) is 21.1. The van der Waals surface area contributed by atoms with Crippen LogP contribution in [0.1, 0.15) is 5.56 Å². The van der Waals surface area contributed by atoms with E-state index >= 15 is 0 Å². The maximum Gasteiger partial charge on any atom is 0.163 e. The molecule has 0 bridgehead atoms. The van der Waals surface area contributed by atoms with Crippen LogP contribution in [0.2, 0.25) is 5.02 Å². The quantitative estimate of drug-likeness (QED) is 0.344. The van der Waals surface area contributed by atoms with Crippen molar-refractivity contribution in [1.82, 2.24) is 4.98 Å². The second-order valence-corrected chi connectivity index (χ2v) is 6.97. The molecule has 8 heteroatoms. The average molecular weight is 461 g/mol. The Labute approximate surface area is 189 Å². The number of rotatable bonds is 6. The zero-order valence-electron chi connectivity index (χ0n) is 16.4. The van der Waals surface area contributed by atoms with Gasteiger partial charge in [0.25, 0.3) is 0 Å². The summed E-state index contributed by atoms with van der Waals surface area (Å²) in [6, 6.07) is 17.3. The molecular weight excluding hydrogens is 442 g/mol. The van der Waals surface area contributed by atoms with Crippen molar-refractivity contribution in [3.63, 3.8) is 0 Å². The molecule has 0 unspecified atom stereocenters. The van der Waals surface area contributed by atoms with Gasteiger partial charge < -0.3 is 19.9 Å². The number of pyridine rings is 1. The number of halogens is 3. The Balaban J connectivity index is 0.00000272. The maximum atomic E-state index is 14.3. The van der Waals surface area contributed by atoms with Crippen molar-refractivity contribution < 1.29 is 19.0 Å². The van der Waals surface area contributed by atoms with Crippen molar-refractivity contribution in [2.45, 2.75) is 6.61 Å². The Morgan fingerprint density at radius 1 is 1.03 bits per heavy atom. The van der Waals surface area contributed by atoms with Crippen molar-refractivity contribution in [1.29, 1.82) is 0 Å². The third-order valence-corrected chi connectivity index (χ3v) is 4.87. The maximum absolute atomic E-state index is 14.3. The molecule has 0 atom stereocenters. The van der Waals surface area contributed by atoms with Gasteiger partial charge in [-0.05, 0) is 23.8 Å². The molecule has 1 heterocycles. The fraction of sp³-hybridized carbons (Fsp3) is 0.0870. The highest BCUT2D eigenvalue weighted by Gasteiger charge is 2.13. The van der Waals surface area contributed by atoms with Crippen molar-refractivity contribution >= 4 is 46.3 Å². The molecule has 0 amide bonds. The van der Waals surface area contributed by atoms with Crippen LogP contribution in [0.25, 0.3) is 10.9 Å². The van der Waals surface area contributed by atoms with Gasteiger partial charge in [-0.3, -0.25) is 4.98 Å². The zero-order valence-corrected chi connectivity index (χ0v) is 18.0. The summed E-state index contributed by atoms with van der Waals surface area (Å²) in [5.41, 5.74) is 2.35. The molecule has 0 fully saturated rings. The van der Waals surface area contributed by atoms with Crippen LogP contribution in [0, 0.1) is 5.82 Å². The van der Waals surface area contributed by atoms with Crippen LogP contribution < -0.4 is 14.8 Å². The van der Waals surface area contributed by atoms with E-state index in [1.54, 1.807) is 31.5 Å². The van der Waals surface area contributed by atoms with E-state index in [1.807, 2.05) is 30.3 Å². The minimum Gasteiger partial charge on any atom is -0.506 e. The Kier molecular flexibility index (Phi) is 7.05. The molecule has 0 aliphatic heterocycles.